The maximum Gasteiger partial charge on any atom is 0.234 e. The molecular weight excluding hydrogens is 192 g/mol. The Labute approximate surface area is 92.0 Å². The van der Waals surface area contributed by atoms with Gasteiger partial charge in [0.1, 0.15) is 5.78 Å². The maximum absolute atomic E-state index is 11.3. The summed E-state index contributed by atoms with van der Waals surface area (Å²) in [7, 11) is 0. The zero-order valence-corrected chi connectivity index (χ0v) is 10.2. The van der Waals surface area contributed by atoms with Crippen molar-refractivity contribution in [2.75, 3.05) is 19.6 Å². The number of carbonyl (C=O) groups excluding carboxylic acids is 2. The van der Waals surface area contributed by atoms with Crippen molar-refractivity contribution in [3.8, 4) is 0 Å². The highest BCUT2D eigenvalue weighted by atomic mass is 16.2. The van der Waals surface area contributed by atoms with E-state index in [9.17, 15) is 9.59 Å². The molecule has 88 valence electrons. The van der Waals surface area contributed by atoms with E-state index in [1.165, 1.54) is 0 Å². The SMILES string of the molecule is CC.CCC(=O)C(C)N1CCNC(=O)C1. The minimum absolute atomic E-state index is 0.0157. The summed E-state index contributed by atoms with van der Waals surface area (Å²) in [5.74, 6) is 0.219. The highest BCUT2D eigenvalue weighted by Gasteiger charge is 2.24. The molecule has 0 aliphatic carbocycles. The molecule has 0 spiro atoms. The maximum atomic E-state index is 11.3. The molecule has 0 aromatic rings. The second kappa shape index (κ2) is 7.40. The van der Waals surface area contributed by atoms with Gasteiger partial charge in [-0.15, -0.1) is 0 Å². The highest BCUT2D eigenvalue weighted by molar-refractivity contribution is 5.85. The number of rotatable bonds is 3. The van der Waals surface area contributed by atoms with E-state index in [-0.39, 0.29) is 17.7 Å². The molecule has 1 atom stereocenters. The molecule has 1 N–H and O–H groups in total. The van der Waals surface area contributed by atoms with Gasteiger partial charge in [-0.2, -0.15) is 0 Å². The van der Waals surface area contributed by atoms with Gasteiger partial charge >= 0.3 is 0 Å². The van der Waals surface area contributed by atoms with Gasteiger partial charge < -0.3 is 5.32 Å². The molecule has 0 aromatic heterocycles. The minimum Gasteiger partial charge on any atom is -0.354 e. The van der Waals surface area contributed by atoms with Gasteiger partial charge in [-0.3, -0.25) is 14.5 Å². The first kappa shape index (κ1) is 14.1. The summed E-state index contributed by atoms with van der Waals surface area (Å²) >= 11 is 0. The van der Waals surface area contributed by atoms with Crippen LogP contribution in [0.3, 0.4) is 0 Å². The number of carbonyl (C=O) groups is 2. The summed E-state index contributed by atoms with van der Waals surface area (Å²) in [5.41, 5.74) is 0. The lowest BCUT2D eigenvalue weighted by Gasteiger charge is -2.30. The molecule has 0 bridgehead atoms. The van der Waals surface area contributed by atoms with Crippen LogP contribution in [0.25, 0.3) is 0 Å². The zero-order valence-electron chi connectivity index (χ0n) is 10.2. The Kier molecular flexibility index (Phi) is 6.96. The van der Waals surface area contributed by atoms with Crippen molar-refractivity contribution in [2.45, 2.75) is 40.2 Å². The van der Waals surface area contributed by atoms with Crippen LogP contribution in [-0.2, 0) is 9.59 Å². The summed E-state index contributed by atoms with van der Waals surface area (Å²) in [6.07, 6.45) is 0.541. The van der Waals surface area contributed by atoms with Gasteiger partial charge in [0.15, 0.2) is 0 Å². The molecule has 0 aromatic carbocycles. The molecule has 1 aliphatic heterocycles. The number of amides is 1. The standard InChI is InChI=1S/C9H16N2O2.C2H6/c1-3-8(12)7(2)11-5-4-10-9(13)6-11;1-2/h7H,3-6H2,1-2H3,(H,10,13);1-2H3. The lowest BCUT2D eigenvalue weighted by molar-refractivity contribution is -0.128. The van der Waals surface area contributed by atoms with E-state index in [1.54, 1.807) is 0 Å². The predicted octanol–water partition coefficient (Wildman–Crippen LogP) is 0.812. The first-order chi connectivity index (χ1) is 7.15. The average molecular weight is 214 g/mol. The topological polar surface area (TPSA) is 49.4 Å². The van der Waals surface area contributed by atoms with E-state index in [2.05, 4.69) is 5.32 Å². The van der Waals surface area contributed by atoms with Crippen molar-refractivity contribution in [1.82, 2.24) is 10.2 Å². The lowest BCUT2D eigenvalue weighted by atomic mass is 10.1. The molecule has 1 saturated heterocycles. The molecule has 4 heteroatoms. The Morgan fingerprint density at radius 3 is 2.60 bits per heavy atom. The molecule has 1 fully saturated rings. The quantitative estimate of drug-likeness (QED) is 0.756. The third-order valence-corrected chi connectivity index (χ3v) is 2.43. The van der Waals surface area contributed by atoms with Crippen LogP contribution in [0.15, 0.2) is 0 Å². The van der Waals surface area contributed by atoms with E-state index in [0.29, 0.717) is 19.5 Å². The number of hydrogen-bond donors (Lipinski definition) is 1. The Morgan fingerprint density at radius 2 is 2.13 bits per heavy atom. The largest absolute Gasteiger partial charge is 0.354 e. The van der Waals surface area contributed by atoms with E-state index in [1.807, 2.05) is 32.6 Å². The summed E-state index contributed by atoms with van der Waals surface area (Å²) in [6.45, 7) is 9.50. The van der Waals surface area contributed by atoms with Crippen molar-refractivity contribution >= 4 is 11.7 Å². The van der Waals surface area contributed by atoms with E-state index in [4.69, 9.17) is 0 Å². The van der Waals surface area contributed by atoms with Crippen LogP contribution in [0.2, 0.25) is 0 Å². The molecule has 0 saturated carbocycles. The van der Waals surface area contributed by atoms with Gasteiger partial charge in [-0.1, -0.05) is 20.8 Å². The smallest absolute Gasteiger partial charge is 0.234 e. The van der Waals surface area contributed by atoms with E-state index in [0.717, 1.165) is 6.54 Å². The van der Waals surface area contributed by atoms with Crippen molar-refractivity contribution in [3.63, 3.8) is 0 Å². The molecule has 15 heavy (non-hydrogen) atoms. The molecular formula is C11H22N2O2. The molecule has 1 unspecified atom stereocenters. The van der Waals surface area contributed by atoms with Gasteiger partial charge in [0.05, 0.1) is 12.6 Å². The van der Waals surface area contributed by atoms with Crippen LogP contribution < -0.4 is 5.32 Å². The fourth-order valence-corrected chi connectivity index (χ4v) is 1.49. The summed E-state index contributed by atoms with van der Waals surface area (Å²) in [6, 6.07) is -0.115. The second-order valence-corrected chi connectivity index (χ2v) is 3.32. The Bertz CT molecular complexity index is 217. The number of piperazine rings is 1. The first-order valence-electron chi connectivity index (χ1n) is 5.68. The van der Waals surface area contributed by atoms with Crippen LogP contribution in [0, 0.1) is 0 Å². The Morgan fingerprint density at radius 1 is 1.53 bits per heavy atom. The Balaban J connectivity index is 0.000000921. The molecule has 1 rings (SSSR count). The summed E-state index contributed by atoms with van der Waals surface area (Å²) in [4.78, 5) is 24.3. The molecule has 4 nitrogen and oxygen atoms in total. The summed E-state index contributed by atoms with van der Waals surface area (Å²) < 4.78 is 0. The molecule has 1 amide bonds. The van der Waals surface area contributed by atoms with Crippen LogP contribution in [0.1, 0.15) is 34.1 Å². The Hall–Kier alpha value is -0.900. The predicted molar refractivity (Wildman–Crippen MR) is 60.7 cm³/mol. The molecule has 1 heterocycles. The number of hydrogen-bond acceptors (Lipinski definition) is 3. The fourth-order valence-electron chi connectivity index (χ4n) is 1.49. The first-order valence-corrected chi connectivity index (χ1v) is 5.68. The van der Waals surface area contributed by atoms with Gasteiger partial charge in [0.2, 0.25) is 5.91 Å². The number of ketones is 1. The van der Waals surface area contributed by atoms with Gasteiger partial charge in [0.25, 0.3) is 0 Å². The average Bonchev–Trinajstić information content (AvgIpc) is 2.29. The van der Waals surface area contributed by atoms with Crippen molar-refractivity contribution in [1.29, 1.82) is 0 Å². The van der Waals surface area contributed by atoms with Crippen molar-refractivity contribution in [3.05, 3.63) is 0 Å². The normalized spacial score (nSPS) is 18.5. The van der Waals surface area contributed by atoms with Crippen molar-refractivity contribution < 1.29 is 9.59 Å². The van der Waals surface area contributed by atoms with Gasteiger partial charge in [-0.05, 0) is 6.92 Å². The molecule has 1 aliphatic rings. The fraction of sp³-hybridized carbons (Fsp3) is 0.818. The van der Waals surface area contributed by atoms with E-state index < -0.39 is 0 Å². The zero-order chi connectivity index (χ0) is 11.8. The third-order valence-electron chi connectivity index (χ3n) is 2.43. The minimum atomic E-state index is -0.115. The van der Waals surface area contributed by atoms with Crippen molar-refractivity contribution in [2.24, 2.45) is 0 Å². The van der Waals surface area contributed by atoms with Gasteiger partial charge in [-0.25, -0.2) is 0 Å². The summed E-state index contributed by atoms with van der Waals surface area (Å²) in [5, 5.41) is 2.73. The second-order valence-electron chi connectivity index (χ2n) is 3.32. The number of nitrogens with zero attached hydrogens (tertiary/aromatic N) is 1. The number of Topliss-reactive ketones (excluding diaryl/α,β-unsaturated/α-hetero) is 1. The third kappa shape index (κ3) is 4.42. The van der Waals surface area contributed by atoms with Crippen LogP contribution in [0.4, 0.5) is 0 Å². The highest BCUT2D eigenvalue weighted by Crippen LogP contribution is 2.04. The van der Waals surface area contributed by atoms with E-state index >= 15 is 0 Å². The van der Waals surface area contributed by atoms with Gasteiger partial charge in [0, 0.05) is 19.5 Å². The molecule has 0 radical (unpaired) electrons. The van der Waals surface area contributed by atoms with Crippen LogP contribution in [0.5, 0.6) is 0 Å². The lowest BCUT2D eigenvalue weighted by Crippen LogP contribution is -2.52. The van der Waals surface area contributed by atoms with Crippen LogP contribution >= 0.6 is 0 Å². The van der Waals surface area contributed by atoms with Crippen LogP contribution in [-0.4, -0.2) is 42.3 Å². The monoisotopic (exact) mass is 214 g/mol. The number of nitrogens with one attached hydrogen (secondary N) is 1.